The first-order chi connectivity index (χ1) is 11.9. The van der Waals surface area contributed by atoms with E-state index < -0.39 is 30.3 Å². The van der Waals surface area contributed by atoms with Gasteiger partial charge in [-0.15, -0.1) is 0 Å². The summed E-state index contributed by atoms with van der Waals surface area (Å²) in [5.74, 6) is -1.87. The van der Waals surface area contributed by atoms with Crippen LogP contribution in [0.4, 0.5) is 5.69 Å². The normalized spacial score (nSPS) is 31.8. The quantitative estimate of drug-likeness (QED) is 0.746. The Morgan fingerprint density at radius 2 is 2.16 bits per heavy atom. The van der Waals surface area contributed by atoms with Gasteiger partial charge in [-0.1, -0.05) is 11.6 Å². The molecule has 1 amide bonds. The number of halogens is 2. The zero-order valence-electron chi connectivity index (χ0n) is 13.0. The Morgan fingerprint density at radius 1 is 1.36 bits per heavy atom. The van der Waals surface area contributed by atoms with Crippen LogP contribution in [0.3, 0.4) is 0 Å². The topological polar surface area (TPSA) is 81.7 Å². The van der Waals surface area contributed by atoms with Crippen molar-refractivity contribution in [3.8, 4) is 0 Å². The van der Waals surface area contributed by atoms with E-state index in [1.165, 1.54) is 0 Å². The first-order valence-corrected chi connectivity index (χ1v) is 9.23. The highest BCUT2D eigenvalue weighted by Gasteiger charge is 2.64. The highest BCUT2D eigenvalue weighted by molar-refractivity contribution is 9.10. The second-order valence-electron chi connectivity index (χ2n) is 6.71. The van der Waals surface area contributed by atoms with Gasteiger partial charge in [0.25, 0.3) is 5.91 Å². The minimum Gasteiger partial charge on any atom is -0.462 e. The van der Waals surface area contributed by atoms with Crippen LogP contribution in [-0.2, 0) is 23.9 Å². The third-order valence-corrected chi connectivity index (χ3v) is 6.54. The Labute approximate surface area is 157 Å². The summed E-state index contributed by atoms with van der Waals surface area (Å²) >= 11 is 9.24. The summed E-state index contributed by atoms with van der Waals surface area (Å²) in [7, 11) is 0. The Morgan fingerprint density at radius 3 is 2.92 bits per heavy atom. The number of carbonyl (C=O) groups excluding carboxylic acids is 3. The molecule has 0 unspecified atom stereocenters. The Kier molecular flexibility index (Phi) is 4.24. The van der Waals surface area contributed by atoms with Gasteiger partial charge in [0.2, 0.25) is 0 Å². The lowest BCUT2D eigenvalue weighted by Gasteiger charge is -2.22. The molecule has 2 aliphatic carbocycles. The zero-order valence-corrected chi connectivity index (χ0v) is 15.4. The molecule has 6 nitrogen and oxygen atoms in total. The Hall–Kier alpha value is -1.60. The SMILES string of the molecule is O=C(COC(=O)[C@@H]1[C@@H]2C[C@@H]3[C@@H]1C(=O)O[C@@H]3C2)Nc1ccc(Br)c(Cl)c1. The molecule has 1 saturated heterocycles. The number of ether oxygens (including phenoxy) is 2. The van der Waals surface area contributed by atoms with Crippen molar-refractivity contribution in [1.82, 2.24) is 0 Å². The molecular formula is C17H15BrClNO5. The summed E-state index contributed by atoms with van der Waals surface area (Å²) in [6, 6.07) is 4.98. The van der Waals surface area contributed by atoms with Gasteiger partial charge in [0.1, 0.15) is 6.10 Å². The molecule has 0 aromatic heterocycles. The standard InChI is InChI=1S/C17H15BrClNO5/c18-10-2-1-8(5-11(10)19)20-13(21)6-24-16(22)14-7-3-9-12(4-7)25-17(23)15(9)14/h1-2,5,7,9,12,14-15H,3-4,6H2,(H,20,21)/t7-,9+,12-,14-,15+/m1/s1. The van der Waals surface area contributed by atoms with Crippen LogP contribution >= 0.6 is 27.5 Å². The molecule has 4 rings (SSSR count). The molecule has 1 aromatic rings. The van der Waals surface area contributed by atoms with Crippen molar-refractivity contribution in [3.63, 3.8) is 0 Å². The largest absolute Gasteiger partial charge is 0.462 e. The van der Waals surface area contributed by atoms with Crippen LogP contribution in [0.15, 0.2) is 22.7 Å². The van der Waals surface area contributed by atoms with Crippen molar-refractivity contribution in [2.75, 3.05) is 11.9 Å². The fraction of sp³-hybridized carbons (Fsp3) is 0.471. The maximum Gasteiger partial charge on any atom is 0.310 e. The van der Waals surface area contributed by atoms with E-state index in [1.54, 1.807) is 18.2 Å². The molecule has 8 heteroatoms. The second-order valence-corrected chi connectivity index (χ2v) is 7.97. The number of fused-ring (bicyclic) bond motifs is 1. The molecule has 1 heterocycles. The maximum atomic E-state index is 12.4. The highest BCUT2D eigenvalue weighted by Crippen LogP contribution is 2.57. The monoisotopic (exact) mass is 427 g/mol. The smallest absolute Gasteiger partial charge is 0.310 e. The van der Waals surface area contributed by atoms with Crippen molar-refractivity contribution >= 4 is 51.1 Å². The minimum atomic E-state index is -0.487. The van der Waals surface area contributed by atoms with Crippen molar-refractivity contribution in [2.24, 2.45) is 23.7 Å². The average Bonchev–Trinajstić information content (AvgIpc) is 3.18. The molecule has 2 bridgehead atoms. The number of amides is 1. The predicted molar refractivity (Wildman–Crippen MR) is 91.8 cm³/mol. The van der Waals surface area contributed by atoms with Gasteiger partial charge in [0.15, 0.2) is 6.61 Å². The zero-order chi connectivity index (χ0) is 17.7. The highest BCUT2D eigenvalue weighted by atomic mass is 79.9. The molecule has 1 aromatic carbocycles. The molecule has 1 N–H and O–H groups in total. The van der Waals surface area contributed by atoms with E-state index in [9.17, 15) is 14.4 Å². The molecular weight excluding hydrogens is 414 g/mol. The fourth-order valence-corrected chi connectivity index (χ4v) is 4.76. The van der Waals surface area contributed by atoms with Gasteiger partial charge in [-0.2, -0.15) is 0 Å². The maximum absolute atomic E-state index is 12.4. The van der Waals surface area contributed by atoms with E-state index >= 15 is 0 Å². The summed E-state index contributed by atoms with van der Waals surface area (Å²) in [6.07, 6.45) is 1.51. The predicted octanol–water partition coefficient (Wildman–Crippen LogP) is 2.78. The van der Waals surface area contributed by atoms with Crippen LogP contribution in [0.5, 0.6) is 0 Å². The number of esters is 2. The van der Waals surface area contributed by atoms with E-state index in [4.69, 9.17) is 21.1 Å². The number of benzene rings is 1. The van der Waals surface area contributed by atoms with E-state index in [0.29, 0.717) is 10.7 Å². The first-order valence-electron chi connectivity index (χ1n) is 8.06. The van der Waals surface area contributed by atoms with E-state index in [0.717, 1.165) is 17.3 Å². The molecule has 3 fully saturated rings. The third-order valence-electron chi connectivity index (χ3n) is 5.30. The third kappa shape index (κ3) is 2.93. The van der Waals surface area contributed by atoms with Crippen molar-refractivity contribution in [1.29, 1.82) is 0 Å². The number of hydrogen-bond donors (Lipinski definition) is 1. The molecule has 1 aliphatic heterocycles. The van der Waals surface area contributed by atoms with Crippen LogP contribution < -0.4 is 5.32 Å². The first kappa shape index (κ1) is 16.8. The van der Waals surface area contributed by atoms with Crippen LogP contribution in [0.25, 0.3) is 0 Å². The number of hydrogen-bond acceptors (Lipinski definition) is 5. The molecule has 2 saturated carbocycles. The van der Waals surface area contributed by atoms with Gasteiger partial charge in [0, 0.05) is 16.1 Å². The van der Waals surface area contributed by atoms with Gasteiger partial charge in [0.05, 0.1) is 16.9 Å². The fourth-order valence-electron chi connectivity index (χ4n) is 4.33. The Balaban J connectivity index is 1.34. The van der Waals surface area contributed by atoms with Crippen LogP contribution in [0.2, 0.25) is 5.02 Å². The van der Waals surface area contributed by atoms with Gasteiger partial charge in [-0.3, -0.25) is 14.4 Å². The van der Waals surface area contributed by atoms with Gasteiger partial charge in [-0.25, -0.2) is 0 Å². The number of carbonyl (C=O) groups is 3. The molecule has 0 spiro atoms. The summed E-state index contributed by atoms with van der Waals surface area (Å²) in [6.45, 7) is -0.397. The van der Waals surface area contributed by atoms with Crippen molar-refractivity contribution in [2.45, 2.75) is 18.9 Å². The minimum absolute atomic E-state index is 0.0306. The lowest BCUT2D eigenvalue weighted by molar-refractivity contribution is -0.157. The van der Waals surface area contributed by atoms with Gasteiger partial charge < -0.3 is 14.8 Å². The molecule has 25 heavy (non-hydrogen) atoms. The summed E-state index contributed by atoms with van der Waals surface area (Å²) in [4.78, 5) is 36.3. The van der Waals surface area contributed by atoms with E-state index in [1.807, 2.05) is 0 Å². The second kappa shape index (κ2) is 6.29. The Bertz CT molecular complexity index is 767. The molecule has 3 aliphatic rings. The lowest BCUT2D eigenvalue weighted by Crippen LogP contribution is -2.34. The number of rotatable bonds is 4. The number of anilines is 1. The summed E-state index contributed by atoms with van der Waals surface area (Å²) in [5, 5.41) is 3.08. The van der Waals surface area contributed by atoms with Crippen LogP contribution in [0, 0.1) is 23.7 Å². The van der Waals surface area contributed by atoms with Crippen molar-refractivity contribution in [3.05, 3.63) is 27.7 Å². The average molecular weight is 429 g/mol. The van der Waals surface area contributed by atoms with E-state index in [2.05, 4.69) is 21.2 Å². The summed E-state index contributed by atoms with van der Waals surface area (Å²) in [5.41, 5.74) is 0.511. The summed E-state index contributed by atoms with van der Waals surface area (Å²) < 4.78 is 11.2. The molecule has 5 atom stereocenters. The lowest BCUT2D eigenvalue weighted by atomic mass is 9.80. The van der Waals surface area contributed by atoms with Gasteiger partial charge >= 0.3 is 11.9 Å². The molecule has 132 valence electrons. The number of nitrogens with one attached hydrogen (secondary N) is 1. The van der Waals surface area contributed by atoms with Crippen molar-refractivity contribution < 1.29 is 23.9 Å². The molecule has 0 radical (unpaired) electrons. The van der Waals surface area contributed by atoms with Crippen LogP contribution in [-0.4, -0.2) is 30.6 Å². The van der Waals surface area contributed by atoms with E-state index in [-0.39, 0.29) is 23.9 Å². The van der Waals surface area contributed by atoms with Crippen LogP contribution in [0.1, 0.15) is 12.8 Å². The van der Waals surface area contributed by atoms with Gasteiger partial charge in [-0.05, 0) is 52.9 Å².